The predicted molar refractivity (Wildman–Crippen MR) is 51.8 cm³/mol. The van der Waals surface area contributed by atoms with Crippen molar-refractivity contribution in [3.8, 4) is 0 Å². The van der Waals surface area contributed by atoms with Gasteiger partial charge in [-0.3, -0.25) is 0 Å². The molecule has 0 aliphatic rings. The van der Waals surface area contributed by atoms with Crippen LogP contribution in [-0.2, 0) is 9.84 Å². The highest BCUT2D eigenvalue weighted by Crippen LogP contribution is 2.07. The fraction of sp³-hybridized carbons (Fsp3) is 1.00. The van der Waals surface area contributed by atoms with E-state index >= 15 is 0 Å². The Morgan fingerprint density at radius 3 is 2.17 bits per heavy atom. The molecule has 0 heterocycles. The molecule has 74 valence electrons. The zero-order valence-electron chi connectivity index (χ0n) is 8.08. The second-order valence-corrected chi connectivity index (χ2v) is 5.76. The molecule has 0 amide bonds. The largest absolute Gasteiger partial charge is 0.327 e. The highest BCUT2D eigenvalue weighted by atomic mass is 32.2. The summed E-state index contributed by atoms with van der Waals surface area (Å²) in [6.45, 7) is 5.38. The van der Waals surface area contributed by atoms with Crippen molar-refractivity contribution in [3.05, 3.63) is 0 Å². The third kappa shape index (κ3) is 3.54. The van der Waals surface area contributed by atoms with Crippen LogP contribution in [-0.4, -0.2) is 25.5 Å². The van der Waals surface area contributed by atoms with Crippen molar-refractivity contribution in [2.24, 2.45) is 5.73 Å². The summed E-state index contributed by atoms with van der Waals surface area (Å²) in [6.07, 6.45) is 1.64. The molecule has 0 saturated carbocycles. The smallest absolute Gasteiger partial charge is 0.154 e. The molecule has 0 radical (unpaired) electrons. The van der Waals surface area contributed by atoms with E-state index in [1.165, 1.54) is 0 Å². The second kappa shape index (κ2) is 4.82. The van der Waals surface area contributed by atoms with E-state index in [4.69, 9.17) is 5.73 Å². The second-order valence-electron chi connectivity index (χ2n) is 3.28. The van der Waals surface area contributed by atoms with Gasteiger partial charge < -0.3 is 5.73 Å². The Morgan fingerprint density at radius 1 is 1.33 bits per heavy atom. The Morgan fingerprint density at radius 2 is 1.83 bits per heavy atom. The van der Waals surface area contributed by atoms with Gasteiger partial charge in [-0.1, -0.05) is 13.3 Å². The molecule has 0 aliphatic heterocycles. The van der Waals surface area contributed by atoms with Gasteiger partial charge in [-0.15, -0.1) is 0 Å². The summed E-state index contributed by atoms with van der Waals surface area (Å²) in [5, 5.41) is -0.413. The van der Waals surface area contributed by atoms with Gasteiger partial charge in [0.25, 0.3) is 0 Å². The van der Waals surface area contributed by atoms with Crippen LogP contribution < -0.4 is 5.73 Å². The third-order valence-corrected chi connectivity index (χ3v) is 4.51. The van der Waals surface area contributed by atoms with E-state index in [-0.39, 0.29) is 11.8 Å². The average Bonchev–Trinajstić information content (AvgIpc) is 1.99. The Hall–Kier alpha value is -0.0900. The molecule has 0 rings (SSSR count). The monoisotopic (exact) mass is 193 g/mol. The minimum Gasteiger partial charge on any atom is -0.327 e. The quantitative estimate of drug-likeness (QED) is 0.707. The molecule has 0 bridgehead atoms. The minimum absolute atomic E-state index is 0.270. The molecule has 0 saturated heterocycles. The number of unbranched alkanes of at least 4 members (excludes halogenated alkanes) is 1. The van der Waals surface area contributed by atoms with Crippen LogP contribution in [0.1, 0.15) is 33.6 Å². The van der Waals surface area contributed by atoms with Gasteiger partial charge in [-0.2, -0.15) is 0 Å². The number of nitrogens with two attached hydrogens (primary N) is 1. The molecule has 2 unspecified atom stereocenters. The molecular formula is C8H19NO2S. The summed E-state index contributed by atoms with van der Waals surface area (Å²) in [7, 11) is -2.95. The van der Waals surface area contributed by atoms with Crippen molar-refractivity contribution in [3.63, 3.8) is 0 Å². The van der Waals surface area contributed by atoms with Crippen LogP contribution in [0.15, 0.2) is 0 Å². The average molecular weight is 193 g/mol. The van der Waals surface area contributed by atoms with E-state index in [9.17, 15) is 8.42 Å². The highest BCUT2D eigenvalue weighted by Gasteiger charge is 2.22. The van der Waals surface area contributed by atoms with Gasteiger partial charge in [-0.05, 0) is 20.3 Å². The van der Waals surface area contributed by atoms with E-state index in [1.54, 1.807) is 13.8 Å². The van der Waals surface area contributed by atoms with Crippen LogP contribution in [0.2, 0.25) is 0 Å². The lowest BCUT2D eigenvalue weighted by Crippen LogP contribution is -2.37. The van der Waals surface area contributed by atoms with E-state index in [1.807, 2.05) is 6.92 Å². The lowest BCUT2D eigenvalue weighted by Gasteiger charge is -2.15. The maximum atomic E-state index is 11.5. The number of rotatable bonds is 5. The standard InChI is InChI=1S/C8H19NO2S/c1-4-5-6-12(10,11)8(3)7(2)9/h7-8H,4-6,9H2,1-3H3. The highest BCUT2D eigenvalue weighted by molar-refractivity contribution is 7.92. The molecular weight excluding hydrogens is 174 g/mol. The van der Waals surface area contributed by atoms with Gasteiger partial charge in [0.1, 0.15) is 0 Å². The third-order valence-electron chi connectivity index (χ3n) is 2.09. The predicted octanol–water partition coefficient (Wildman–Crippen LogP) is 0.937. The van der Waals surface area contributed by atoms with Crippen molar-refractivity contribution >= 4 is 9.84 Å². The van der Waals surface area contributed by atoms with Crippen LogP contribution in [0.4, 0.5) is 0 Å². The van der Waals surface area contributed by atoms with Gasteiger partial charge in [0, 0.05) is 6.04 Å². The molecule has 4 heteroatoms. The van der Waals surface area contributed by atoms with Crippen LogP contribution in [0.25, 0.3) is 0 Å². The lowest BCUT2D eigenvalue weighted by molar-refractivity contribution is 0.565. The van der Waals surface area contributed by atoms with E-state index in [2.05, 4.69) is 0 Å². The Labute approximate surface area is 75.3 Å². The van der Waals surface area contributed by atoms with Crippen LogP contribution in [0.5, 0.6) is 0 Å². The van der Waals surface area contributed by atoms with E-state index in [0.29, 0.717) is 0 Å². The molecule has 0 aromatic rings. The van der Waals surface area contributed by atoms with Gasteiger partial charge in [0.05, 0.1) is 11.0 Å². The molecule has 0 aromatic carbocycles. The summed E-state index contributed by atoms with van der Waals surface area (Å²) >= 11 is 0. The summed E-state index contributed by atoms with van der Waals surface area (Å²) in [5.74, 6) is 0.270. The van der Waals surface area contributed by atoms with Crippen molar-refractivity contribution in [1.82, 2.24) is 0 Å². The maximum absolute atomic E-state index is 11.5. The number of hydrogen-bond donors (Lipinski definition) is 1. The van der Waals surface area contributed by atoms with Crippen LogP contribution in [0.3, 0.4) is 0 Å². The van der Waals surface area contributed by atoms with Crippen molar-refractivity contribution in [1.29, 1.82) is 0 Å². The van der Waals surface area contributed by atoms with Gasteiger partial charge in [-0.25, -0.2) is 8.42 Å². The van der Waals surface area contributed by atoms with E-state index < -0.39 is 15.1 Å². The molecule has 0 aliphatic carbocycles. The molecule has 12 heavy (non-hydrogen) atoms. The fourth-order valence-corrected chi connectivity index (χ4v) is 2.58. The normalized spacial score (nSPS) is 17.3. The summed E-state index contributed by atoms with van der Waals surface area (Å²) < 4.78 is 22.9. The van der Waals surface area contributed by atoms with Gasteiger partial charge in [0.2, 0.25) is 0 Å². The number of hydrogen-bond acceptors (Lipinski definition) is 3. The first kappa shape index (κ1) is 11.9. The van der Waals surface area contributed by atoms with Crippen LogP contribution in [0, 0.1) is 0 Å². The Bertz CT molecular complexity index is 209. The summed E-state index contributed by atoms with van der Waals surface area (Å²) in [6, 6.07) is -0.271. The molecule has 0 spiro atoms. The van der Waals surface area contributed by atoms with Crippen LogP contribution >= 0.6 is 0 Å². The van der Waals surface area contributed by atoms with Crippen molar-refractivity contribution in [2.75, 3.05) is 5.75 Å². The fourth-order valence-electron chi connectivity index (χ4n) is 0.858. The summed E-state index contributed by atoms with van der Waals surface area (Å²) in [4.78, 5) is 0. The molecule has 3 nitrogen and oxygen atoms in total. The first-order valence-corrected chi connectivity index (χ1v) is 6.10. The van der Waals surface area contributed by atoms with Gasteiger partial charge in [0.15, 0.2) is 9.84 Å². The maximum Gasteiger partial charge on any atom is 0.154 e. The molecule has 0 aromatic heterocycles. The summed E-state index contributed by atoms with van der Waals surface area (Å²) in [5.41, 5.74) is 5.51. The SMILES string of the molecule is CCCCS(=O)(=O)C(C)C(C)N. The Balaban J connectivity index is 4.21. The molecule has 2 N–H and O–H groups in total. The van der Waals surface area contributed by atoms with Crippen molar-refractivity contribution < 1.29 is 8.42 Å². The zero-order valence-corrected chi connectivity index (χ0v) is 8.89. The van der Waals surface area contributed by atoms with Crippen molar-refractivity contribution in [2.45, 2.75) is 44.9 Å². The molecule has 0 fully saturated rings. The minimum atomic E-state index is -2.95. The molecule has 2 atom stereocenters. The lowest BCUT2D eigenvalue weighted by atomic mass is 10.3. The number of sulfone groups is 1. The first-order valence-electron chi connectivity index (χ1n) is 4.39. The van der Waals surface area contributed by atoms with E-state index in [0.717, 1.165) is 12.8 Å². The Kier molecular flexibility index (Phi) is 4.78. The topological polar surface area (TPSA) is 60.2 Å². The van der Waals surface area contributed by atoms with Gasteiger partial charge >= 0.3 is 0 Å². The zero-order chi connectivity index (χ0) is 9.78. The first-order chi connectivity index (χ1) is 5.41.